The number of carbonyl (C=O) groups is 2. The molecule has 2 aromatic rings. The Morgan fingerprint density at radius 2 is 2.15 bits per heavy atom. The third-order valence-corrected chi connectivity index (χ3v) is 4.10. The average Bonchev–Trinajstić information content (AvgIpc) is 2.59. The maximum absolute atomic E-state index is 12.9. The highest BCUT2D eigenvalue weighted by atomic mass is 16.6. The van der Waals surface area contributed by atoms with Crippen molar-refractivity contribution in [2.75, 3.05) is 19.7 Å². The fraction of sp³-hybridized carbons (Fsp3) is 0.312. The van der Waals surface area contributed by atoms with E-state index in [0.29, 0.717) is 5.52 Å². The van der Waals surface area contributed by atoms with Crippen molar-refractivity contribution >= 4 is 28.5 Å². The number of hydrogen-bond acceptors (Lipinski definition) is 6. The van der Waals surface area contributed by atoms with Crippen molar-refractivity contribution in [3.8, 4) is 0 Å². The first-order valence-corrected chi connectivity index (χ1v) is 7.79. The molecule has 26 heavy (non-hydrogen) atoms. The zero-order chi connectivity index (χ0) is 18.8. The van der Waals surface area contributed by atoms with Gasteiger partial charge in [0.15, 0.2) is 0 Å². The van der Waals surface area contributed by atoms with Crippen molar-refractivity contribution in [1.82, 2.24) is 9.88 Å². The number of amides is 1. The molecular weight excluding hydrogens is 346 g/mol. The second-order valence-corrected chi connectivity index (χ2v) is 5.88. The number of nitro groups is 1. The van der Waals surface area contributed by atoms with Crippen LogP contribution in [0.2, 0.25) is 0 Å². The lowest BCUT2D eigenvalue weighted by Crippen LogP contribution is -2.46. The summed E-state index contributed by atoms with van der Waals surface area (Å²) in [5.41, 5.74) is -0.375. The Kier molecular flexibility index (Phi) is 4.67. The number of carboxylic acids is 1. The minimum absolute atomic E-state index is 0.0309. The molecule has 1 aromatic carbocycles. The number of morpholine rings is 1. The van der Waals surface area contributed by atoms with Crippen molar-refractivity contribution in [2.45, 2.75) is 12.5 Å². The molecule has 0 spiro atoms. The summed E-state index contributed by atoms with van der Waals surface area (Å²) in [4.78, 5) is 49.9. The van der Waals surface area contributed by atoms with Crippen LogP contribution >= 0.6 is 0 Å². The van der Waals surface area contributed by atoms with Crippen molar-refractivity contribution in [3.05, 3.63) is 50.3 Å². The van der Waals surface area contributed by atoms with Crippen LogP contribution in [0, 0.1) is 10.1 Å². The number of fused-ring (bicyclic) bond motifs is 1. The van der Waals surface area contributed by atoms with Crippen LogP contribution in [0.5, 0.6) is 0 Å². The van der Waals surface area contributed by atoms with E-state index >= 15 is 0 Å². The summed E-state index contributed by atoms with van der Waals surface area (Å²) in [6.45, 7) is 0.470. The van der Waals surface area contributed by atoms with E-state index < -0.39 is 28.5 Å². The number of aromatic amines is 1. The number of rotatable bonds is 4. The molecule has 1 unspecified atom stereocenters. The summed E-state index contributed by atoms with van der Waals surface area (Å²) >= 11 is 0. The van der Waals surface area contributed by atoms with Gasteiger partial charge in [-0.25, -0.2) is 0 Å². The smallest absolute Gasteiger partial charge is 0.306 e. The van der Waals surface area contributed by atoms with Gasteiger partial charge in [0.1, 0.15) is 0 Å². The van der Waals surface area contributed by atoms with Gasteiger partial charge in [-0.1, -0.05) is 0 Å². The average molecular weight is 361 g/mol. The van der Waals surface area contributed by atoms with Gasteiger partial charge < -0.3 is 19.7 Å². The van der Waals surface area contributed by atoms with Crippen LogP contribution < -0.4 is 5.56 Å². The molecule has 1 aliphatic heterocycles. The number of H-pyrrole nitrogens is 1. The molecule has 1 atom stereocenters. The van der Waals surface area contributed by atoms with E-state index in [1.54, 1.807) is 0 Å². The summed E-state index contributed by atoms with van der Waals surface area (Å²) in [5, 5.41) is 20.1. The van der Waals surface area contributed by atoms with E-state index in [4.69, 9.17) is 9.84 Å². The maximum Gasteiger partial charge on any atom is 0.306 e. The molecule has 1 aliphatic rings. The molecule has 0 radical (unpaired) electrons. The van der Waals surface area contributed by atoms with Gasteiger partial charge >= 0.3 is 5.97 Å². The number of non-ortho nitro benzene ring substituents is 1. The summed E-state index contributed by atoms with van der Waals surface area (Å²) in [5.74, 6) is -1.54. The molecule has 1 amide bonds. The Morgan fingerprint density at radius 1 is 1.38 bits per heavy atom. The molecule has 2 N–H and O–H groups in total. The maximum atomic E-state index is 12.9. The SMILES string of the molecule is O=C(O)CC1CN(C(=O)c2cc(=O)[nH]c3ccc([N+](=O)[O-])cc23)CCO1. The highest BCUT2D eigenvalue weighted by Gasteiger charge is 2.28. The highest BCUT2D eigenvalue weighted by Crippen LogP contribution is 2.23. The topological polar surface area (TPSA) is 143 Å². The Bertz CT molecular complexity index is 952. The molecule has 0 saturated carbocycles. The van der Waals surface area contributed by atoms with E-state index in [1.807, 2.05) is 0 Å². The lowest BCUT2D eigenvalue weighted by Gasteiger charge is -2.32. The number of hydrogen-bond donors (Lipinski definition) is 2. The highest BCUT2D eigenvalue weighted by molar-refractivity contribution is 6.06. The number of carbonyl (C=O) groups excluding carboxylic acids is 1. The van der Waals surface area contributed by atoms with E-state index in [9.17, 15) is 24.5 Å². The molecule has 136 valence electrons. The van der Waals surface area contributed by atoms with Gasteiger partial charge in [0.2, 0.25) is 5.56 Å². The summed E-state index contributed by atoms with van der Waals surface area (Å²) < 4.78 is 5.33. The number of carboxylic acid groups (broad SMARTS) is 1. The summed E-state index contributed by atoms with van der Waals surface area (Å²) in [6.07, 6.45) is -0.890. The lowest BCUT2D eigenvalue weighted by molar-refractivity contribution is -0.384. The van der Waals surface area contributed by atoms with Crippen molar-refractivity contribution in [2.24, 2.45) is 0 Å². The number of nitro benzene ring substituents is 1. The number of aromatic nitrogens is 1. The normalized spacial score (nSPS) is 17.2. The Morgan fingerprint density at radius 3 is 2.85 bits per heavy atom. The number of aliphatic carboxylic acids is 1. The molecule has 1 fully saturated rings. The zero-order valence-corrected chi connectivity index (χ0v) is 13.5. The van der Waals surface area contributed by atoms with Crippen LogP contribution in [0.25, 0.3) is 10.9 Å². The Balaban J connectivity index is 1.99. The molecule has 1 aromatic heterocycles. The molecule has 2 heterocycles. The predicted octanol–water partition coefficient (Wildman–Crippen LogP) is 0.752. The fourth-order valence-corrected chi connectivity index (χ4v) is 2.92. The first-order chi connectivity index (χ1) is 12.3. The number of nitrogens with zero attached hydrogens (tertiary/aromatic N) is 2. The van der Waals surface area contributed by atoms with Gasteiger partial charge in [0, 0.05) is 42.2 Å². The molecule has 3 rings (SSSR count). The number of nitrogens with one attached hydrogen (secondary N) is 1. The fourth-order valence-electron chi connectivity index (χ4n) is 2.92. The van der Waals surface area contributed by atoms with Crippen LogP contribution in [-0.2, 0) is 9.53 Å². The Labute approximate surface area is 146 Å². The van der Waals surface area contributed by atoms with Crippen LogP contribution in [0.4, 0.5) is 5.69 Å². The molecule has 1 saturated heterocycles. The number of ether oxygens (including phenoxy) is 1. The van der Waals surface area contributed by atoms with Gasteiger partial charge in [-0.05, 0) is 6.07 Å². The predicted molar refractivity (Wildman–Crippen MR) is 89.1 cm³/mol. The number of pyridine rings is 1. The van der Waals surface area contributed by atoms with E-state index in [2.05, 4.69) is 4.98 Å². The second-order valence-electron chi connectivity index (χ2n) is 5.88. The van der Waals surface area contributed by atoms with Gasteiger partial charge in [0.05, 0.1) is 29.6 Å². The van der Waals surface area contributed by atoms with Gasteiger partial charge in [-0.2, -0.15) is 0 Å². The standard InChI is InChI=1S/C16H15N3O7/c20-14-7-12(11-5-9(19(24)25)1-2-13(11)17-14)16(23)18-3-4-26-10(8-18)6-15(21)22/h1-2,5,7,10H,3-4,6,8H2,(H,17,20)(H,21,22). The van der Waals surface area contributed by atoms with Crippen molar-refractivity contribution in [1.29, 1.82) is 0 Å². The molecule has 10 nitrogen and oxygen atoms in total. The van der Waals surface area contributed by atoms with Crippen molar-refractivity contribution in [3.63, 3.8) is 0 Å². The molecule has 0 aliphatic carbocycles. The van der Waals surface area contributed by atoms with Crippen LogP contribution in [0.3, 0.4) is 0 Å². The van der Waals surface area contributed by atoms with Crippen molar-refractivity contribution < 1.29 is 24.4 Å². The van der Waals surface area contributed by atoms with Gasteiger partial charge in [-0.15, -0.1) is 0 Å². The van der Waals surface area contributed by atoms with Gasteiger partial charge in [-0.3, -0.25) is 24.5 Å². The summed E-state index contributed by atoms with van der Waals surface area (Å²) in [6, 6.07) is 4.94. The lowest BCUT2D eigenvalue weighted by atomic mass is 10.1. The summed E-state index contributed by atoms with van der Waals surface area (Å²) in [7, 11) is 0. The first kappa shape index (κ1) is 17.5. The molecule has 0 bridgehead atoms. The first-order valence-electron chi connectivity index (χ1n) is 7.79. The van der Waals surface area contributed by atoms with E-state index in [1.165, 1.54) is 23.1 Å². The molecular formula is C16H15N3O7. The van der Waals surface area contributed by atoms with Gasteiger partial charge in [0.25, 0.3) is 11.6 Å². The Hall–Kier alpha value is -3.27. The molecule has 10 heteroatoms. The number of benzene rings is 1. The zero-order valence-electron chi connectivity index (χ0n) is 13.5. The van der Waals surface area contributed by atoms with Crippen LogP contribution in [0.15, 0.2) is 29.1 Å². The van der Waals surface area contributed by atoms with E-state index in [-0.39, 0.29) is 42.8 Å². The van der Waals surface area contributed by atoms with Crippen LogP contribution in [-0.4, -0.2) is 57.6 Å². The third-order valence-electron chi connectivity index (χ3n) is 4.10. The van der Waals surface area contributed by atoms with Crippen LogP contribution in [0.1, 0.15) is 16.8 Å². The monoisotopic (exact) mass is 361 g/mol. The minimum Gasteiger partial charge on any atom is -0.481 e. The second kappa shape index (κ2) is 6.92. The largest absolute Gasteiger partial charge is 0.481 e. The quantitative estimate of drug-likeness (QED) is 0.604. The van der Waals surface area contributed by atoms with E-state index in [0.717, 1.165) is 6.07 Å². The minimum atomic E-state index is -1.04. The third kappa shape index (κ3) is 3.54.